The molecule has 2 aromatic heterocycles. The van der Waals surface area contributed by atoms with Crippen LogP contribution < -0.4 is 58.2 Å². The van der Waals surface area contributed by atoms with Crippen molar-refractivity contribution in [3.8, 4) is 0 Å². The molecule has 0 fully saturated rings. The molecule has 0 unspecified atom stereocenters. The van der Waals surface area contributed by atoms with E-state index < -0.39 is 0 Å². The first kappa shape index (κ1) is 11.5. The fourth-order valence-electron chi connectivity index (χ4n) is 1.21. The van der Waals surface area contributed by atoms with E-state index in [2.05, 4.69) is 30.0 Å². The molecule has 13 heavy (non-hydrogen) atoms. The minimum absolute atomic E-state index is 0. The molecule has 0 radical (unpaired) electrons. The van der Waals surface area contributed by atoms with Crippen LogP contribution in [0.3, 0.4) is 0 Å². The summed E-state index contributed by atoms with van der Waals surface area (Å²) < 4.78 is 1.75. The van der Waals surface area contributed by atoms with Crippen LogP contribution in [-0.4, -0.2) is 14.6 Å². The fourth-order valence-corrected chi connectivity index (χ4v) is 1.21. The molecule has 0 N–H and O–H groups in total. The molecule has 0 amide bonds. The topological polar surface area (TPSA) is 30.2 Å². The monoisotopic (exact) mass is 245 g/mol. The summed E-state index contributed by atoms with van der Waals surface area (Å²) in [5, 5.41) is 4.16. The van der Waals surface area contributed by atoms with Crippen molar-refractivity contribution >= 4 is 5.65 Å². The van der Waals surface area contributed by atoms with Gasteiger partial charge in [0.05, 0.1) is 6.20 Å². The van der Waals surface area contributed by atoms with Gasteiger partial charge in [-0.15, -0.1) is 12.4 Å². The average molecular weight is 246 g/mol. The van der Waals surface area contributed by atoms with E-state index >= 15 is 0 Å². The Bertz CT molecular complexity index is 394. The maximum Gasteiger partial charge on any atom is 1.00 e. The van der Waals surface area contributed by atoms with Crippen LogP contribution in [0.1, 0.15) is 25.3 Å². The average Bonchev–Trinajstić information content (AvgIpc) is 2.47. The van der Waals surface area contributed by atoms with Crippen LogP contribution >= 0.6 is 0 Å². The molecule has 3 nitrogen and oxygen atoms in total. The van der Waals surface area contributed by atoms with Gasteiger partial charge in [0.15, 0.2) is 5.65 Å². The Balaban J connectivity index is 0.000000845. The number of nitrogens with zero attached hydrogens (tertiary/aromatic N) is 3. The van der Waals surface area contributed by atoms with Gasteiger partial charge in [-0.05, 0) is 5.92 Å². The predicted molar refractivity (Wildman–Crippen MR) is 45.9 cm³/mol. The standard InChI is InChI=1S/C9H10N3.Rb/c1-7(2)8-6-11-12-5-3-4-10-9(8)12;/h4-7H,1-2H3;/q-1;+1. The van der Waals surface area contributed by atoms with Gasteiger partial charge < -0.3 is 6.07 Å². The second kappa shape index (κ2) is 4.78. The van der Waals surface area contributed by atoms with E-state index in [4.69, 9.17) is 0 Å². The first-order valence-corrected chi connectivity index (χ1v) is 3.98. The molecule has 0 saturated heterocycles. The van der Waals surface area contributed by atoms with Gasteiger partial charge in [-0.2, -0.15) is 5.10 Å². The molecule has 2 heterocycles. The number of rotatable bonds is 1. The Labute approximate surface area is 126 Å². The van der Waals surface area contributed by atoms with E-state index in [1.54, 1.807) is 16.9 Å². The number of hydrogen-bond donors (Lipinski definition) is 0. The smallest absolute Gasteiger partial charge is 0.434 e. The first-order chi connectivity index (χ1) is 5.79. The Morgan fingerprint density at radius 2 is 2.23 bits per heavy atom. The van der Waals surface area contributed by atoms with Crippen LogP contribution in [-0.2, 0) is 0 Å². The fraction of sp³-hybridized carbons (Fsp3) is 0.333. The van der Waals surface area contributed by atoms with Gasteiger partial charge in [0, 0.05) is 5.56 Å². The minimum Gasteiger partial charge on any atom is -0.434 e. The van der Waals surface area contributed by atoms with E-state index in [0.717, 1.165) is 5.65 Å². The Morgan fingerprint density at radius 1 is 1.46 bits per heavy atom. The van der Waals surface area contributed by atoms with Gasteiger partial charge in [-0.25, -0.2) is 0 Å². The summed E-state index contributed by atoms with van der Waals surface area (Å²) in [5.41, 5.74) is 2.12. The van der Waals surface area contributed by atoms with Crippen LogP contribution in [0.5, 0.6) is 0 Å². The molecule has 0 aliphatic heterocycles. The van der Waals surface area contributed by atoms with Crippen molar-refractivity contribution in [3.05, 3.63) is 30.2 Å². The summed E-state index contributed by atoms with van der Waals surface area (Å²) in [4.78, 5) is 4.21. The summed E-state index contributed by atoms with van der Waals surface area (Å²) >= 11 is 0. The molecule has 62 valence electrons. The van der Waals surface area contributed by atoms with Crippen molar-refractivity contribution in [1.82, 2.24) is 14.6 Å². The van der Waals surface area contributed by atoms with Crippen LogP contribution in [0.4, 0.5) is 0 Å². The summed E-state index contributed by atoms with van der Waals surface area (Å²) in [7, 11) is 0. The zero-order valence-electron chi connectivity index (χ0n) is 8.15. The molecule has 0 aliphatic carbocycles. The molecule has 0 bridgehead atoms. The normalized spacial score (nSPS) is 10.4. The third kappa shape index (κ3) is 2.26. The largest absolute Gasteiger partial charge is 1.00 e. The summed E-state index contributed by atoms with van der Waals surface area (Å²) in [5.74, 6) is 0.470. The van der Waals surface area contributed by atoms with Crippen LogP contribution in [0.25, 0.3) is 5.65 Å². The van der Waals surface area contributed by atoms with Gasteiger partial charge in [0.2, 0.25) is 0 Å². The van der Waals surface area contributed by atoms with Crippen molar-refractivity contribution in [2.45, 2.75) is 19.8 Å². The molecule has 0 aliphatic rings. The Kier molecular flexibility index (Phi) is 4.23. The van der Waals surface area contributed by atoms with Gasteiger partial charge in [-0.3, -0.25) is 9.50 Å². The van der Waals surface area contributed by atoms with E-state index in [0.29, 0.717) is 5.92 Å². The second-order valence-corrected chi connectivity index (χ2v) is 3.08. The van der Waals surface area contributed by atoms with Crippen molar-refractivity contribution in [2.75, 3.05) is 0 Å². The molecule has 0 atom stereocenters. The molecule has 0 spiro atoms. The number of hydrogen-bond acceptors (Lipinski definition) is 2. The molecule has 4 heteroatoms. The first-order valence-electron chi connectivity index (χ1n) is 3.98. The van der Waals surface area contributed by atoms with Gasteiger partial charge in [0.1, 0.15) is 0 Å². The molecule has 2 aromatic rings. The third-order valence-electron chi connectivity index (χ3n) is 1.88. The van der Waals surface area contributed by atoms with Crippen molar-refractivity contribution in [2.24, 2.45) is 0 Å². The summed E-state index contributed by atoms with van der Waals surface area (Å²) in [6.07, 6.45) is 5.32. The van der Waals surface area contributed by atoms with Gasteiger partial charge in [0.25, 0.3) is 0 Å². The minimum atomic E-state index is 0. The van der Waals surface area contributed by atoms with Gasteiger partial charge >= 0.3 is 58.2 Å². The maximum atomic E-state index is 4.21. The van der Waals surface area contributed by atoms with Crippen LogP contribution in [0.2, 0.25) is 0 Å². The quantitative estimate of drug-likeness (QED) is 0.582. The zero-order chi connectivity index (χ0) is 8.55. The molecule has 2 rings (SSSR count). The summed E-state index contributed by atoms with van der Waals surface area (Å²) in [6.45, 7) is 4.27. The summed E-state index contributed by atoms with van der Waals surface area (Å²) in [6, 6.07) is 2.88. The number of fused-ring (bicyclic) bond motifs is 1. The van der Waals surface area contributed by atoms with Crippen molar-refractivity contribution < 1.29 is 58.2 Å². The van der Waals surface area contributed by atoms with Gasteiger partial charge in [-0.1, -0.05) is 13.8 Å². The molecule has 0 aromatic carbocycles. The Morgan fingerprint density at radius 3 is 2.92 bits per heavy atom. The molecular weight excluding hydrogens is 236 g/mol. The van der Waals surface area contributed by atoms with Crippen molar-refractivity contribution in [3.63, 3.8) is 0 Å². The zero-order valence-corrected chi connectivity index (χ0v) is 13.1. The van der Waals surface area contributed by atoms with E-state index in [1.165, 1.54) is 5.56 Å². The maximum absolute atomic E-state index is 4.21. The van der Waals surface area contributed by atoms with E-state index in [-0.39, 0.29) is 58.2 Å². The SMILES string of the molecule is CC(C)c1cnn2c[c-]cnc12.[Rb+]. The number of aromatic nitrogens is 3. The van der Waals surface area contributed by atoms with Crippen LogP contribution in [0, 0.1) is 6.07 Å². The Hall–Kier alpha value is 0.425. The van der Waals surface area contributed by atoms with E-state index in [9.17, 15) is 0 Å². The van der Waals surface area contributed by atoms with E-state index in [1.807, 2.05) is 6.20 Å². The third-order valence-corrected chi connectivity index (χ3v) is 1.88. The molecule has 0 saturated carbocycles. The second-order valence-electron chi connectivity index (χ2n) is 3.08. The molecular formula is C9H10N3Rb. The van der Waals surface area contributed by atoms with Crippen molar-refractivity contribution in [1.29, 1.82) is 0 Å². The predicted octanol–water partition coefficient (Wildman–Crippen LogP) is -1.34. The van der Waals surface area contributed by atoms with Crippen LogP contribution in [0.15, 0.2) is 18.6 Å².